The van der Waals surface area contributed by atoms with Crippen molar-refractivity contribution in [2.24, 2.45) is 0 Å². The second-order valence-corrected chi connectivity index (χ2v) is 4.98. The Morgan fingerprint density at radius 2 is 1.36 bits per heavy atom. The molecule has 5 heteroatoms. The molecule has 0 aliphatic carbocycles. The maximum absolute atomic E-state index is 10.3. The minimum absolute atomic E-state index is 0. The summed E-state index contributed by atoms with van der Waals surface area (Å²) in [6.07, 6.45) is 7.48. The molecule has 0 aliphatic rings. The average molecular weight is 235 g/mol. The van der Waals surface area contributed by atoms with E-state index in [9.17, 15) is 8.42 Å². The first-order chi connectivity index (χ1) is 6.06. The molecule has 0 heterocycles. The van der Waals surface area contributed by atoms with Crippen molar-refractivity contribution in [1.29, 1.82) is 0 Å². The van der Waals surface area contributed by atoms with E-state index in [1.807, 2.05) is 0 Å². The van der Waals surface area contributed by atoms with E-state index in [4.69, 9.17) is 4.55 Å². The minimum atomic E-state index is -3.72. The van der Waals surface area contributed by atoms with E-state index in [0.29, 0.717) is 6.42 Å². The zero-order valence-electron chi connectivity index (χ0n) is 8.33. The first-order valence-electron chi connectivity index (χ1n) is 5.01. The predicted molar refractivity (Wildman–Crippen MR) is 63.0 cm³/mol. The van der Waals surface area contributed by atoms with E-state index in [2.05, 4.69) is 6.92 Å². The number of unbranched alkanes of at least 4 members (excludes halogenated alkanes) is 6. The van der Waals surface area contributed by atoms with E-state index >= 15 is 0 Å². The Morgan fingerprint density at radius 1 is 0.929 bits per heavy atom. The Hall–Kier alpha value is 0.676. The van der Waals surface area contributed by atoms with Crippen molar-refractivity contribution in [2.45, 2.75) is 51.9 Å². The molecule has 0 saturated heterocycles. The van der Waals surface area contributed by atoms with Gasteiger partial charge in [0.2, 0.25) is 0 Å². The van der Waals surface area contributed by atoms with Crippen LogP contribution >= 0.6 is 0 Å². The summed E-state index contributed by atoms with van der Waals surface area (Å²) < 4.78 is 29.1. The maximum Gasteiger partial charge on any atom is 0.316 e. The Kier molecular flexibility index (Phi) is 12.4. The van der Waals surface area contributed by atoms with Crippen LogP contribution in [0.2, 0.25) is 0 Å². The van der Waals surface area contributed by atoms with E-state index in [0.717, 1.165) is 12.8 Å². The first-order valence-corrected chi connectivity index (χ1v) is 6.62. The molecule has 0 aromatic heterocycles. The quantitative estimate of drug-likeness (QED) is 0.395. The number of hydrogen-bond acceptors (Lipinski definition) is 2. The lowest BCUT2D eigenvalue weighted by Crippen LogP contribution is -2.03. The van der Waals surface area contributed by atoms with Crippen molar-refractivity contribution in [2.75, 3.05) is 5.75 Å². The van der Waals surface area contributed by atoms with Crippen LogP contribution in [0.15, 0.2) is 0 Å². The molecule has 0 aliphatic heterocycles. The highest BCUT2D eigenvalue weighted by Crippen LogP contribution is 2.07. The third-order valence-electron chi connectivity index (χ3n) is 2.01. The van der Waals surface area contributed by atoms with Crippen LogP contribution < -0.4 is 0 Å². The van der Waals surface area contributed by atoms with Crippen molar-refractivity contribution in [1.82, 2.24) is 0 Å². The summed E-state index contributed by atoms with van der Waals surface area (Å²) >= 11 is 0. The molecule has 1 N–H and O–H groups in total. The normalized spacial score (nSPS) is 11.0. The maximum atomic E-state index is 10.3. The summed E-state index contributed by atoms with van der Waals surface area (Å²) in [5, 5.41) is 0. The van der Waals surface area contributed by atoms with Gasteiger partial charge in [0.25, 0.3) is 10.1 Å². The van der Waals surface area contributed by atoms with Crippen LogP contribution in [0.4, 0.5) is 0 Å². The SMILES string of the molecule is CCCCCCCCCS(=O)(=O)O.[MgH2]. The molecule has 0 saturated carbocycles. The predicted octanol–water partition coefficient (Wildman–Crippen LogP) is 1.71. The monoisotopic (exact) mass is 234 g/mol. The molecule has 0 aromatic rings. The molecule has 0 rings (SSSR count). The molecular formula is C9H22MgO3S. The average Bonchev–Trinajstić information content (AvgIpc) is 2.01. The Morgan fingerprint density at radius 3 is 1.79 bits per heavy atom. The minimum Gasteiger partial charge on any atom is -0.286 e. The van der Waals surface area contributed by atoms with Crippen LogP contribution in [-0.2, 0) is 10.1 Å². The van der Waals surface area contributed by atoms with Gasteiger partial charge in [-0.05, 0) is 6.42 Å². The molecule has 0 spiro atoms. The van der Waals surface area contributed by atoms with Gasteiger partial charge in [0.05, 0.1) is 5.75 Å². The highest BCUT2D eigenvalue weighted by atomic mass is 32.2. The Labute approximate surface area is 104 Å². The van der Waals surface area contributed by atoms with Crippen LogP contribution in [-0.4, -0.2) is 41.8 Å². The smallest absolute Gasteiger partial charge is 0.286 e. The lowest BCUT2D eigenvalue weighted by Gasteiger charge is -1.99. The van der Waals surface area contributed by atoms with Gasteiger partial charge in [-0.3, -0.25) is 4.55 Å². The molecular weight excluding hydrogens is 212 g/mol. The summed E-state index contributed by atoms with van der Waals surface area (Å²) in [5.41, 5.74) is 0. The van der Waals surface area contributed by atoms with Crippen LogP contribution in [0.3, 0.4) is 0 Å². The fourth-order valence-electron chi connectivity index (χ4n) is 1.24. The van der Waals surface area contributed by atoms with Gasteiger partial charge in [-0.1, -0.05) is 45.4 Å². The number of hydrogen-bond donors (Lipinski definition) is 1. The van der Waals surface area contributed by atoms with Crippen molar-refractivity contribution in [3.63, 3.8) is 0 Å². The topological polar surface area (TPSA) is 54.4 Å². The van der Waals surface area contributed by atoms with Gasteiger partial charge in [-0.15, -0.1) is 0 Å². The molecule has 3 nitrogen and oxygen atoms in total. The van der Waals surface area contributed by atoms with Crippen molar-refractivity contribution in [3.8, 4) is 0 Å². The van der Waals surface area contributed by atoms with Crippen LogP contribution in [0.1, 0.15) is 51.9 Å². The van der Waals surface area contributed by atoms with Gasteiger partial charge in [0.1, 0.15) is 0 Å². The molecule has 0 fully saturated rings. The third-order valence-corrected chi connectivity index (χ3v) is 2.81. The second kappa shape index (κ2) is 10.2. The fraction of sp³-hybridized carbons (Fsp3) is 1.00. The van der Waals surface area contributed by atoms with Gasteiger partial charge in [0, 0.05) is 0 Å². The Balaban J connectivity index is 0. The van der Waals surface area contributed by atoms with Gasteiger partial charge in [-0.25, -0.2) is 0 Å². The van der Waals surface area contributed by atoms with E-state index in [1.54, 1.807) is 0 Å². The lowest BCUT2D eigenvalue weighted by atomic mass is 10.1. The van der Waals surface area contributed by atoms with Crippen molar-refractivity contribution in [3.05, 3.63) is 0 Å². The molecule has 0 radical (unpaired) electrons. The van der Waals surface area contributed by atoms with Crippen LogP contribution in [0.5, 0.6) is 0 Å². The van der Waals surface area contributed by atoms with E-state index < -0.39 is 10.1 Å². The lowest BCUT2D eigenvalue weighted by molar-refractivity contribution is 0.478. The number of rotatable bonds is 8. The second-order valence-electron chi connectivity index (χ2n) is 3.41. The summed E-state index contributed by atoms with van der Waals surface area (Å²) in [4.78, 5) is 0. The highest BCUT2D eigenvalue weighted by molar-refractivity contribution is 7.85. The molecule has 0 unspecified atom stereocenters. The van der Waals surface area contributed by atoms with Crippen molar-refractivity contribution < 1.29 is 13.0 Å². The van der Waals surface area contributed by atoms with E-state index in [-0.39, 0.29) is 28.8 Å². The molecule has 14 heavy (non-hydrogen) atoms. The zero-order chi connectivity index (χ0) is 10.2. The molecule has 0 bridgehead atoms. The largest absolute Gasteiger partial charge is 0.316 e. The van der Waals surface area contributed by atoms with Crippen molar-refractivity contribution >= 4 is 33.2 Å². The third kappa shape index (κ3) is 15.2. The molecule has 0 aromatic carbocycles. The van der Waals surface area contributed by atoms with Gasteiger partial charge in [-0.2, -0.15) is 8.42 Å². The molecule has 84 valence electrons. The van der Waals surface area contributed by atoms with Crippen LogP contribution in [0, 0.1) is 0 Å². The summed E-state index contributed by atoms with van der Waals surface area (Å²) in [7, 11) is -3.72. The highest BCUT2D eigenvalue weighted by Gasteiger charge is 2.02. The van der Waals surface area contributed by atoms with Gasteiger partial charge >= 0.3 is 23.1 Å². The standard InChI is InChI=1S/C9H20O3S.Mg.2H/c1-2-3-4-5-6-7-8-9-13(10,11)12;;;/h2-9H2,1H3,(H,10,11,12);;;. The fourth-order valence-corrected chi connectivity index (χ4v) is 1.81. The zero-order valence-corrected chi connectivity index (χ0v) is 9.15. The van der Waals surface area contributed by atoms with E-state index in [1.165, 1.54) is 25.7 Å². The Bertz CT molecular complexity index is 202. The van der Waals surface area contributed by atoms with Gasteiger partial charge in [0.15, 0.2) is 0 Å². The van der Waals surface area contributed by atoms with Crippen LogP contribution in [0.25, 0.3) is 0 Å². The summed E-state index contributed by atoms with van der Waals surface area (Å²) in [6, 6.07) is 0. The molecule has 0 atom stereocenters. The summed E-state index contributed by atoms with van der Waals surface area (Å²) in [5.74, 6) is -0.0826. The van der Waals surface area contributed by atoms with Gasteiger partial charge < -0.3 is 0 Å². The molecule has 0 amide bonds. The first kappa shape index (κ1) is 17.1. The summed E-state index contributed by atoms with van der Waals surface area (Å²) in [6.45, 7) is 2.17.